The minimum absolute atomic E-state index is 0.904. The quantitative estimate of drug-likeness (QED) is 0.0363. The largest absolute Gasteiger partial charge is 0.394 e. The van der Waals surface area contributed by atoms with Crippen LogP contribution in [0.5, 0.6) is 0 Å². The minimum Gasteiger partial charge on any atom is -0.394 e. The molecule has 0 aliphatic carbocycles. The molecule has 28 N–H and O–H groups in total. The summed E-state index contributed by atoms with van der Waals surface area (Å²) >= 11 is 0. The fourth-order valence-electron chi connectivity index (χ4n) is 14.0. The molecule has 108 heavy (non-hydrogen) atoms. The predicted molar refractivity (Wildman–Crippen MR) is 330 cm³/mol. The van der Waals surface area contributed by atoms with Crippen molar-refractivity contribution < 1.29 is 223 Å². The third-order valence-corrected chi connectivity index (χ3v) is 19.9. The monoisotopic (exact) mass is 1580 g/mol. The summed E-state index contributed by atoms with van der Waals surface area (Å²) in [5, 5.41) is 282. The van der Waals surface area contributed by atoms with Crippen LogP contribution in [0.1, 0.15) is 27.7 Å². The number of hydrogen-bond acceptors (Lipinski definition) is 45. The summed E-state index contributed by atoms with van der Waals surface area (Å²) in [5.41, 5.74) is 0. The van der Waals surface area contributed by atoms with Crippen LogP contribution in [0.25, 0.3) is 0 Å². The summed E-state index contributed by atoms with van der Waals surface area (Å²) in [7, 11) is 0. The molecule has 0 aromatic carbocycles. The molecule has 3 amide bonds. The highest BCUT2D eigenvalue weighted by atomic mass is 16.8. The lowest BCUT2D eigenvalue weighted by Gasteiger charge is -2.51. The van der Waals surface area contributed by atoms with Crippen LogP contribution >= 0.6 is 0 Å². The Bertz CT molecular complexity index is 2820. The lowest BCUT2D eigenvalue weighted by Crippen LogP contribution is -2.71. The second kappa shape index (κ2) is 38.5. The molecule has 9 aliphatic heterocycles. The number of hydrogen-bond donors (Lipinski definition) is 28. The molecule has 9 heterocycles. The molecule has 0 aromatic rings. The Labute approximate surface area is 611 Å². The molecule has 48 nitrogen and oxygen atoms in total. The van der Waals surface area contributed by atoms with Gasteiger partial charge in [-0.1, -0.05) is 0 Å². The van der Waals surface area contributed by atoms with Crippen LogP contribution in [0.2, 0.25) is 0 Å². The standard InChI is InChI=1S/C60H101N3O45/c1-13-28(74)35(81)40(86)56(93-13)106-49-27(63-16(4)73)53(99-23(11-70)47(49)104-59-43(89)50(32(78)20(8-67)98-59)107-54-25(61-14(2)71)34(80)45(22(10-69)100-54)102-57-41(87)36(82)29(75)17(5-64)96-57)92-12-24-33(79)51(44(90)60(101-24)103-46-21(9-68)94-52(91)39(85)38(46)84)108-55-26(62-15(3)72)48(31(77)19(7-66)95-55)105-58-42(88)37(83)30(76)18(6-65)97-58/h13,17-60,64-70,74-91H,5-12H2,1-4H3,(H,61,71)(H,62,72)(H,63,73)/t13-,17+,18+,19+,20+,21+,22+,23+,24+,25+,26+,27+,28+,29-,30-,31+,32-,33-,34+,35+,36-,37-,38+,39+,40-,41+,42+,43+,44+,45+,46+,47+,48+,49+,50-,51-,52?,53+,54-,55-,56-,57-,58-,59-,60-/m0/s1. The van der Waals surface area contributed by atoms with Gasteiger partial charge in [0.05, 0.1) is 59.0 Å². The number of ether oxygens (including phenoxy) is 17. The van der Waals surface area contributed by atoms with E-state index in [0.717, 1.165) is 20.8 Å². The SMILES string of the molecule is CC(=O)N[C@H]1[C@H](O[C@H]2[C@@H](O)[C@@H](CO)O[C@@H](O[C@H]3[C@H](O[C@@H]4O[C@@H](C)[C@@H](O)[C@@H](O)[C@@H]4O)[C@@H](NC(C)=O)[C@H](OC[C@H]4O[C@@H](O[C@H]5[C@H](O)[C@@H](O)C(O)O[C@@H]5CO)[C@H](O)[C@@H](O[C@@H]5O[C@H](CO)[C@@H](O)[C@H](O[C@@H]6O[C@H](CO)[C@H](O)[C@H](O)[C@H]6O)[C@H]5NC(C)=O)[C@H]4O)O[C@@H]3CO)[C@@H]2O)O[C@H](CO)[C@@H](O[C@@H]2O[C@H](CO)[C@H](O)[C@H](O)[C@H]2O)[C@@H]1O. The van der Waals surface area contributed by atoms with Gasteiger partial charge in [0.25, 0.3) is 0 Å². The fraction of sp³-hybridized carbons (Fsp3) is 0.950. The number of carbonyl (C=O) groups excluding carboxylic acids is 3. The first-order valence-electron chi connectivity index (χ1n) is 34.5. The maximum Gasteiger partial charge on any atom is 0.217 e. The molecule has 9 rings (SSSR count). The molecule has 0 spiro atoms. The fourth-order valence-corrected chi connectivity index (χ4v) is 14.0. The van der Waals surface area contributed by atoms with E-state index in [1.165, 1.54) is 6.92 Å². The van der Waals surface area contributed by atoms with Gasteiger partial charge in [0, 0.05) is 20.8 Å². The topological polar surface area (TPSA) is 750 Å². The van der Waals surface area contributed by atoms with Gasteiger partial charge >= 0.3 is 0 Å². The third-order valence-electron chi connectivity index (χ3n) is 19.9. The molecule has 9 aliphatic rings. The van der Waals surface area contributed by atoms with Crippen LogP contribution in [-0.2, 0) is 94.9 Å². The van der Waals surface area contributed by atoms with Crippen molar-refractivity contribution in [3.05, 3.63) is 0 Å². The summed E-state index contributed by atoms with van der Waals surface area (Å²) in [6.07, 6.45) is -85.6. The van der Waals surface area contributed by atoms with E-state index in [9.17, 15) is 142 Å². The zero-order valence-electron chi connectivity index (χ0n) is 58.0. The summed E-state index contributed by atoms with van der Waals surface area (Å²) in [5.74, 6) is -2.84. The molecule has 0 radical (unpaired) electrons. The van der Waals surface area contributed by atoms with Crippen LogP contribution in [0.4, 0.5) is 0 Å². The molecule has 626 valence electrons. The second-order valence-electron chi connectivity index (χ2n) is 27.4. The zero-order chi connectivity index (χ0) is 79.5. The van der Waals surface area contributed by atoms with Crippen molar-refractivity contribution in [3.63, 3.8) is 0 Å². The van der Waals surface area contributed by atoms with Crippen LogP contribution in [0, 0.1) is 0 Å². The van der Waals surface area contributed by atoms with Crippen molar-refractivity contribution in [1.82, 2.24) is 16.0 Å². The smallest absolute Gasteiger partial charge is 0.217 e. The Balaban J connectivity index is 1.03. The highest BCUT2D eigenvalue weighted by Crippen LogP contribution is 2.40. The van der Waals surface area contributed by atoms with E-state index >= 15 is 0 Å². The second-order valence-corrected chi connectivity index (χ2v) is 27.4. The Morgan fingerprint density at radius 1 is 0.259 bits per heavy atom. The van der Waals surface area contributed by atoms with Crippen LogP contribution < -0.4 is 16.0 Å². The molecule has 45 atom stereocenters. The molecular weight excluding hydrogens is 1480 g/mol. The molecule has 0 aromatic heterocycles. The van der Waals surface area contributed by atoms with Crippen molar-refractivity contribution in [2.24, 2.45) is 0 Å². The Hall–Kier alpha value is -3.27. The van der Waals surface area contributed by atoms with Crippen LogP contribution in [0.3, 0.4) is 0 Å². The lowest BCUT2D eigenvalue weighted by molar-refractivity contribution is -0.391. The molecular formula is C60H101N3O45. The van der Waals surface area contributed by atoms with E-state index in [1.54, 1.807) is 0 Å². The van der Waals surface area contributed by atoms with E-state index in [-0.39, 0.29) is 0 Å². The van der Waals surface area contributed by atoms with E-state index in [2.05, 4.69) is 16.0 Å². The molecule has 48 heteroatoms. The highest BCUT2D eigenvalue weighted by molar-refractivity contribution is 5.74. The number of nitrogens with one attached hydrogen (secondary N) is 3. The van der Waals surface area contributed by atoms with Gasteiger partial charge in [-0.3, -0.25) is 14.4 Å². The van der Waals surface area contributed by atoms with Crippen molar-refractivity contribution in [2.75, 3.05) is 52.9 Å². The number of aliphatic hydroxyl groups excluding tert-OH is 25. The van der Waals surface area contributed by atoms with Crippen molar-refractivity contribution in [2.45, 2.75) is 304 Å². The summed E-state index contributed by atoms with van der Waals surface area (Å²) < 4.78 is 101. The average Bonchev–Trinajstić information content (AvgIpc) is 0.770. The van der Waals surface area contributed by atoms with E-state index in [0.29, 0.717) is 0 Å². The van der Waals surface area contributed by atoms with Crippen molar-refractivity contribution in [1.29, 1.82) is 0 Å². The van der Waals surface area contributed by atoms with E-state index in [1.807, 2.05) is 0 Å². The minimum atomic E-state index is -2.42. The first-order valence-corrected chi connectivity index (χ1v) is 34.5. The van der Waals surface area contributed by atoms with Gasteiger partial charge in [-0.25, -0.2) is 0 Å². The number of carbonyl (C=O) groups is 3. The summed E-state index contributed by atoms with van der Waals surface area (Å²) in [6, 6.07) is -5.74. The summed E-state index contributed by atoms with van der Waals surface area (Å²) in [4.78, 5) is 39.3. The van der Waals surface area contributed by atoms with Crippen molar-refractivity contribution in [3.8, 4) is 0 Å². The van der Waals surface area contributed by atoms with E-state index in [4.69, 9.17) is 80.5 Å². The number of amides is 3. The van der Waals surface area contributed by atoms with Gasteiger partial charge in [-0.2, -0.15) is 0 Å². The van der Waals surface area contributed by atoms with Gasteiger partial charge in [0.2, 0.25) is 17.7 Å². The Morgan fingerprint density at radius 2 is 0.565 bits per heavy atom. The summed E-state index contributed by atoms with van der Waals surface area (Å²) in [6.45, 7) is -4.59. The van der Waals surface area contributed by atoms with Gasteiger partial charge in [-0.05, 0) is 6.92 Å². The molecule has 9 saturated heterocycles. The third kappa shape index (κ3) is 19.1. The molecule has 0 bridgehead atoms. The van der Waals surface area contributed by atoms with Gasteiger partial charge in [0.15, 0.2) is 56.6 Å². The van der Waals surface area contributed by atoms with Crippen LogP contribution in [0.15, 0.2) is 0 Å². The van der Waals surface area contributed by atoms with Gasteiger partial charge in [-0.15, -0.1) is 0 Å². The molecule has 0 saturated carbocycles. The Kier molecular flexibility index (Phi) is 31.6. The van der Waals surface area contributed by atoms with Gasteiger partial charge < -0.3 is 224 Å². The predicted octanol–water partition coefficient (Wildman–Crippen LogP) is -19.2. The maximum atomic E-state index is 13.5. The molecule has 1 unspecified atom stereocenters. The lowest BCUT2D eigenvalue weighted by atomic mass is 9.93. The van der Waals surface area contributed by atoms with E-state index < -0.39 is 347 Å². The highest BCUT2D eigenvalue weighted by Gasteiger charge is 2.61. The average molecular weight is 1580 g/mol. The van der Waals surface area contributed by atoms with Crippen molar-refractivity contribution >= 4 is 17.7 Å². The maximum absolute atomic E-state index is 13.5. The molecule has 9 fully saturated rings. The zero-order valence-corrected chi connectivity index (χ0v) is 58.0. The van der Waals surface area contributed by atoms with Gasteiger partial charge in [0.1, 0.15) is 213 Å². The van der Waals surface area contributed by atoms with Crippen LogP contribution in [-0.4, -0.2) is 474 Å². The Morgan fingerprint density at radius 3 is 1.04 bits per heavy atom. The number of rotatable bonds is 27. The first-order chi connectivity index (χ1) is 51.1. The number of aliphatic hydroxyl groups is 25. The first kappa shape index (κ1) is 88.7. The normalized spacial score (nSPS) is 50.4.